The quantitative estimate of drug-likeness (QED) is 0.683. The summed E-state index contributed by atoms with van der Waals surface area (Å²) in [5.41, 5.74) is -0.733. The highest BCUT2D eigenvalue weighted by atomic mass is 19.1. The smallest absolute Gasteiger partial charge is 0.338 e. The van der Waals surface area contributed by atoms with Crippen LogP contribution >= 0.6 is 0 Å². The highest BCUT2D eigenvalue weighted by molar-refractivity contribution is 6.01. The maximum atomic E-state index is 14.5. The fourth-order valence-electron chi connectivity index (χ4n) is 3.52. The van der Waals surface area contributed by atoms with E-state index >= 15 is 0 Å². The van der Waals surface area contributed by atoms with Crippen LogP contribution in [0.2, 0.25) is 0 Å². The Morgan fingerprint density at radius 2 is 1.88 bits per heavy atom. The third-order valence-electron chi connectivity index (χ3n) is 5.06. The van der Waals surface area contributed by atoms with Crippen molar-refractivity contribution in [2.75, 3.05) is 44.4 Å². The molecule has 0 bridgehead atoms. The van der Waals surface area contributed by atoms with Crippen LogP contribution in [-0.2, 0) is 23.8 Å². The number of rotatable bonds is 4. The van der Waals surface area contributed by atoms with Gasteiger partial charge >= 0.3 is 5.97 Å². The zero-order chi connectivity index (χ0) is 23.5. The monoisotopic (exact) mass is 452 g/mol. The molecule has 2 atom stereocenters. The first-order valence-electron chi connectivity index (χ1n) is 10.6. The Hall–Kier alpha value is -2.56. The summed E-state index contributed by atoms with van der Waals surface area (Å²) >= 11 is 0. The number of aliphatic hydroxyl groups excluding tert-OH is 1. The molecule has 2 unspecified atom stereocenters. The standard InChI is InChI=1S/C22H29FN2O7/c1-22(2,3)32-21(29)17(26)18-20(28)25(7-4-10-31-18)14-5-6-16(23)15(13-14)19(27)24-8-11-30-12-9-24/h5-6,13,17-18,26H,4,7-12H2,1-3H3. The highest BCUT2D eigenvalue weighted by Crippen LogP contribution is 2.25. The number of morpholine rings is 1. The first-order valence-corrected chi connectivity index (χ1v) is 10.6. The molecule has 1 aromatic carbocycles. The molecule has 0 aromatic heterocycles. The molecular weight excluding hydrogens is 423 g/mol. The number of benzene rings is 1. The molecule has 2 amide bonds. The summed E-state index contributed by atoms with van der Waals surface area (Å²) in [6, 6.07) is 3.82. The third-order valence-corrected chi connectivity index (χ3v) is 5.06. The van der Waals surface area contributed by atoms with Crippen molar-refractivity contribution < 1.29 is 38.1 Å². The number of hydrogen-bond donors (Lipinski definition) is 1. The summed E-state index contributed by atoms with van der Waals surface area (Å²) in [5.74, 6) is -2.83. The van der Waals surface area contributed by atoms with Gasteiger partial charge in [-0.05, 0) is 45.4 Å². The number of halogens is 1. The zero-order valence-electron chi connectivity index (χ0n) is 18.5. The van der Waals surface area contributed by atoms with Crippen LogP contribution < -0.4 is 4.90 Å². The first-order chi connectivity index (χ1) is 15.1. The van der Waals surface area contributed by atoms with Gasteiger partial charge in [-0.2, -0.15) is 0 Å². The lowest BCUT2D eigenvalue weighted by Gasteiger charge is -2.29. The summed E-state index contributed by atoms with van der Waals surface area (Å²) in [7, 11) is 0. The summed E-state index contributed by atoms with van der Waals surface area (Å²) in [6.07, 6.45) is -2.87. The molecule has 1 aromatic rings. The van der Waals surface area contributed by atoms with Gasteiger partial charge in [-0.3, -0.25) is 9.59 Å². The minimum Gasteiger partial charge on any atom is -0.458 e. The maximum Gasteiger partial charge on any atom is 0.338 e. The molecule has 2 aliphatic rings. The van der Waals surface area contributed by atoms with E-state index in [4.69, 9.17) is 14.2 Å². The van der Waals surface area contributed by atoms with E-state index in [0.717, 1.165) is 6.07 Å². The molecule has 2 heterocycles. The van der Waals surface area contributed by atoms with Gasteiger partial charge in [0.25, 0.3) is 11.8 Å². The molecule has 2 aliphatic heterocycles. The average molecular weight is 452 g/mol. The Bertz CT molecular complexity index is 864. The van der Waals surface area contributed by atoms with Gasteiger partial charge in [0.1, 0.15) is 11.4 Å². The Morgan fingerprint density at radius 1 is 1.19 bits per heavy atom. The van der Waals surface area contributed by atoms with E-state index in [1.165, 1.54) is 21.9 Å². The second-order valence-electron chi connectivity index (χ2n) is 8.68. The normalized spacial score (nSPS) is 21.2. The minimum absolute atomic E-state index is 0.132. The van der Waals surface area contributed by atoms with Gasteiger partial charge in [-0.1, -0.05) is 0 Å². The number of hydrogen-bond acceptors (Lipinski definition) is 7. The largest absolute Gasteiger partial charge is 0.458 e. The van der Waals surface area contributed by atoms with Gasteiger partial charge in [0, 0.05) is 31.9 Å². The van der Waals surface area contributed by atoms with Crippen LogP contribution in [0.15, 0.2) is 18.2 Å². The lowest BCUT2D eigenvalue weighted by molar-refractivity contribution is -0.175. The van der Waals surface area contributed by atoms with Gasteiger partial charge in [0.05, 0.1) is 18.8 Å². The van der Waals surface area contributed by atoms with E-state index < -0.39 is 41.4 Å². The van der Waals surface area contributed by atoms with Crippen molar-refractivity contribution in [2.24, 2.45) is 0 Å². The number of carbonyl (C=O) groups excluding carboxylic acids is 3. The van der Waals surface area contributed by atoms with Crippen molar-refractivity contribution in [3.05, 3.63) is 29.6 Å². The Kier molecular flexibility index (Phi) is 7.47. The van der Waals surface area contributed by atoms with Gasteiger partial charge in [0.15, 0.2) is 12.2 Å². The summed E-state index contributed by atoms with van der Waals surface area (Å²) in [4.78, 5) is 41.0. The zero-order valence-corrected chi connectivity index (χ0v) is 18.5. The molecule has 0 aliphatic carbocycles. The molecule has 0 radical (unpaired) electrons. The van der Waals surface area contributed by atoms with E-state index in [9.17, 15) is 23.9 Å². The lowest BCUT2D eigenvalue weighted by Crippen LogP contribution is -2.49. The topological polar surface area (TPSA) is 106 Å². The molecule has 2 fully saturated rings. The molecule has 1 N–H and O–H groups in total. The minimum atomic E-state index is -1.82. The summed E-state index contributed by atoms with van der Waals surface area (Å²) in [5, 5.41) is 10.4. The number of amides is 2. The van der Waals surface area contributed by atoms with Crippen LogP contribution in [-0.4, -0.2) is 85.1 Å². The van der Waals surface area contributed by atoms with E-state index in [2.05, 4.69) is 0 Å². The van der Waals surface area contributed by atoms with Gasteiger partial charge in [-0.15, -0.1) is 0 Å². The van der Waals surface area contributed by atoms with Crippen LogP contribution in [0.3, 0.4) is 0 Å². The van der Waals surface area contributed by atoms with Crippen molar-refractivity contribution in [3.8, 4) is 0 Å². The fraction of sp³-hybridized carbons (Fsp3) is 0.591. The second-order valence-corrected chi connectivity index (χ2v) is 8.68. The highest BCUT2D eigenvalue weighted by Gasteiger charge is 2.40. The number of aliphatic hydroxyl groups is 1. The van der Waals surface area contributed by atoms with Crippen LogP contribution in [0.1, 0.15) is 37.6 Å². The number of esters is 1. The second kappa shape index (κ2) is 9.93. The first kappa shape index (κ1) is 24.1. The molecule has 0 spiro atoms. The Labute approximate surface area is 186 Å². The molecule has 3 rings (SSSR count). The van der Waals surface area contributed by atoms with Crippen molar-refractivity contribution in [1.82, 2.24) is 4.90 Å². The summed E-state index contributed by atoms with van der Waals surface area (Å²) in [6.45, 7) is 6.73. The Morgan fingerprint density at radius 3 is 2.53 bits per heavy atom. The average Bonchev–Trinajstić information content (AvgIpc) is 2.94. The molecule has 9 nitrogen and oxygen atoms in total. The van der Waals surface area contributed by atoms with Crippen molar-refractivity contribution in [1.29, 1.82) is 0 Å². The van der Waals surface area contributed by atoms with Crippen molar-refractivity contribution in [3.63, 3.8) is 0 Å². The fourth-order valence-corrected chi connectivity index (χ4v) is 3.52. The maximum absolute atomic E-state index is 14.5. The number of ether oxygens (including phenoxy) is 3. The number of carbonyl (C=O) groups is 3. The molecule has 2 saturated heterocycles. The molecule has 32 heavy (non-hydrogen) atoms. The van der Waals surface area contributed by atoms with Crippen LogP contribution in [0.4, 0.5) is 10.1 Å². The predicted molar refractivity (Wildman–Crippen MR) is 112 cm³/mol. The third kappa shape index (κ3) is 5.62. The van der Waals surface area contributed by atoms with E-state index in [0.29, 0.717) is 32.7 Å². The SMILES string of the molecule is CC(C)(C)OC(=O)C(O)C1OCCCN(c2ccc(F)c(C(=O)N3CCOCC3)c2)C1=O. The van der Waals surface area contributed by atoms with Crippen molar-refractivity contribution >= 4 is 23.5 Å². The summed E-state index contributed by atoms with van der Waals surface area (Å²) < 4.78 is 30.3. The number of nitrogens with zero attached hydrogens (tertiary/aromatic N) is 2. The molecule has 10 heteroatoms. The molecule has 0 saturated carbocycles. The van der Waals surface area contributed by atoms with Gasteiger partial charge in [0.2, 0.25) is 0 Å². The van der Waals surface area contributed by atoms with E-state index in [-0.39, 0.29) is 24.4 Å². The van der Waals surface area contributed by atoms with E-state index in [1.54, 1.807) is 20.8 Å². The van der Waals surface area contributed by atoms with Crippen LogP contribution in [0.25, 0.3) is 0 Å². The van der Waals surface area contributed by atoms with Gasteiger partial charge < -0.3 is 29.1 Å². The van der Waals surface area contributed by atoms with Gasteiger partial charge in [-0.25, -0.2) is 9.18 Å². The van der Waals surface area contributed by atoms with E-state index in [1.807, 2.05) is 0 Å². The van der Waals surface area contributed by atoms with Crippen molar-refractivity contribution in [2.45, 2.75) is 45.0 Å². The Balaban J connectivity index is 1.84. The lowest BCUT2D eigenvalue weighted by atomic mass is 10.1. The molecule has 176 valence electrons. The molecular formula is C22H29FN2O7. The number of anilines is 1. The van der Waals surface area contributed by atoms with Crippen LogP contribution in [0, 0.1) is 5.82 Å². The van der Waals surface area contributed by atoms with Crippen LogP contribution in [0.5, 0.6) is 0 Å². The predicted octanol–water partition coefficient (Wildman–Crippen LogP) is 1.12.